The highest BCUT2D eigenvalue weighted by molar-refractivity contribution is 5.98. The van der Waals surface area contributed by atoms with Crippen molar-refractivity contribution in [1.82, 2.24) is 19.7 Å². The van der Waals surface area contributed by atoms with E-state index in [0.717, 1.165) is 11.1 Å². The van der Waals surface area contributed by atoms with Crippen molar-refractivity contribution < 1.29 is 27.5 Å². The van der Waals surface area contributed by atoms with Crippen molar-refractivity contribution in [2.75, 3.05) is 32.1 Å². The smallest absolute Gasteiger partial charge is 0.322 e. The summed E-state index contributed by atoms with van der Waals surface area (Å²) in [5.41, 5.74) is 1.91. The van der Waals surface area contributed by atoms with Gasteiger partial charge in [-0.25, -0.2) is 23.0 Å². The van der Waals surface area contributed by atoms with Crippen molar-refractivity contribution in [2.24, 2.45) is 5.10 Å². The second kappa shape index (κ2) is 9.52. The maximum Gasteiger partial charge on any atom is 0.322 e. The molecule has 2 aliphatic rings. The number of urea groups is 1. The lowest BCUT2D eigenvalue weighted by molar-refractivity contribution is 0.0316. The number of hydrazone groups is 1. The number of carbonyl (C=O) groups is 2. The third-order valence-corrected chi connectivity index (χ3v) is 5.36. The number of hydrogen-bond donors (Lipinski definition) is 1. The van der Waals surface area contributed by atoms with Crippen LogP contribution in [0.5, 0.6) is 0 Å². The van der Waals surface area contributed by atoms with E-state index >= 15 is 0 Å². The van der Waals surface area contributed by atoms with Crippen molar-refractivity contribution in [3.8, 4) is 6.07 Å². The zero-order valence-corrected chi connectivity index (χ0v) is 18.1. The van der Waals surface area contributed by atoms with Crippen molar-refractivity contribution in [3.05, 3.63) is 46.5 Å². The molecular weight excluding hydrogens is 455 g/mol. The molecule has 0 unspecified atom stereocenters. The minimum absolute atomic E-state index is 0.0837. The van der Waals surface area contributed by atoms with E-state index in [1.165, 1.54) is 28.8 Å². The largest absolute Gasteiger partial charge is 0.369 e. The van der Waals surface area contributed by atoms with Gasteiger partial charge in [-0.05, 0) is 18.2 Å². The Morgan fingerprint density at radius 2 is 2.15 bits per heavy atom. The monoisotopic (exact) mass is 475 g/mol. The van der Waals surface area contributed by atoms with Crippen LogP contribution >= 0.6 is 0 Å². The predicted octanol–water partition coefficient (Wildman–Crippen LogP) is 2.21. The Labute approximate surface area is 192 Å². The highest BCUT2D eigenvalue weighted by atomic mass is 19.3. The first-order chi connectivity index (χ1) is 16.3. The highest BCUT2D eigenvalue weighted by Crippen LogP contribution is 2.26. The number of alkyl halides is 2. The average Bonchev–Trinajstić information content (AvgIpc) is 3.10. The number of nitriles is 1. The van der Waals surface area contributed by atoms with Crippen LogP contribution in [0.4, 0.5) is 23.7 Å². The Balaban J connectivity index is 1.51. The minimum Gasteiger partial charge on any atom is -0.369 e. The Kier molecular flexibility index (Phi) is 6.51. The van der Waals surface area contributed by atoms with Crippen molar-refractivity contribution in [2.45, 2.75) is 25.9 Å². The third-order valence-electron chi connectivity index (χ3n) is 5.36. The van der Waals surface area contributed by atoms with Gasteiger partial charge in [0.15, 0.2) is 0 Å². The van der Waals surface area contributed by atoms with E-state index in [9.17, 15) is 22.8 Å². The van der Waals surface area contributed by atoms with Crippen LogP contribution in [-0.2, 0) is 24.2 Å². The van der Waals surface area contributed by atoms with Crippen molar-refractivity contribution >= 4 is 23.3 Å². The summed E-state index contributed by atoms with van der Waals surface area (Å²) >= 11 is 0. The van der Waals surface area contributed by atoms with Crippen molar-refractivity contribution in [3.63, 3.8) is 0 Å². The van der Waals surface area contributed by atoms with E-state index in [-0.39, 0.29) is 36.6 Å². The van der Waals surface area contributed by atoms with Gasteiger partial charge in [0.25, 0.3) is 12.3 Å². The Morgan fingerprint density at radius 3 is 2.88 bits per heavy atom. The van der Waals surface area contributed by atoms with Crippen LogP contribution < -0.4 is 5.32 Å². The van der Waals surface area contributed by atoms with Gasteiger partial charge in [-0.15, -0.1) is 0 Å². The maximum absolute atomic E-state index is 13.5. The van der Waals surface area contributed by atoms with Gasteiger partial charge in [0.2, 0.25) is 0 Å². The van der Waals surface area contributed by atoms with Gasteiger partial charge in [0.1, 0.15) is 24.2 Å². The second-order valence-corrected chi connectivity index (χ2v) is 7.74. The molecule has 0 atom stereocenters. The fourth-order valence-electron chi connectivity index (χ4n) is 3.80. The molecule has 1 aromatic carbocycles. The highest BCUT2D eigenvalue weighted by Gasteiger charge is 2.33. The fraction of sp³-hybridized carbons (Fsp3) is 0.381. The van der Waals surface area contributed by atoms with E-state index in [0.29, 0.717) is 29.9 Å². The summed E-state index contributed by atoms with van der Waals surface area (Å²) in [7, 11) is 1.44. The molecule has 3 amide bonds. The number of halogens is 3. The molecule has 2 aliphatic heterocycles. The summed E-state index contributed by atoms with van der Waals surface area (Å²) in [4.78, 5) is 27.3. The molecule has 0 saturated carbocycles. The predicted molar refractivity (Wildman–Crippen MR) is 113 cm³/mol. The molecule has 4 rings (SSSR count). The lowest BCUT2D eigenvalue weighted by Gasteiger charge is -2.27. The van der Waals surface area contributed by atoms with Crippen LogP contribution in [0.1, 0.15) is 27.3 Å². The van der Waals surface area contributed by atoms with Gasteiger partial charge in [-0.1, -0.05) is 0 Å². The zero-order chi connectivity index (χ0) is 24.4. The van der Waals surface area contributed by atoms with Crippen LogP contribution in [-0.4, -0.2) is 70.6 Å². The minimum atomic E-state index is -2.61. The van der Waals surface area contributed by atoms with Crippen LogP contribution in [0.2, 0.25) is 0 Å². The second-order valence-electron chi connectivity index (χ2n) is 7.74. The van der Waals surface area contributed by atoms with Crippen molar-refractivity contribution in [1.29, 1.82) is 5.26 Å². The maximum atomic E-state index is 13.5. The van der Waals surface area contributed by atoms with E-state index < -0.39 is 30.8 Å². The third kappa shape index (κ3) is 4.72. The van der Waals surface area contributed by atoms with Crippen LogP contribution in [0, 0.1) is 17.1 Å². The molecule has 0 bridgehead atoms. The van der Waals surface area contributed by atoms with Gasteiger partial charge < -0.3 is 15.0 Å². The molecule has 2 aromatic rings. The summed E-state index contributed by atoms with van der Waals surface area (Å²) in [5, 5.41) is 21.3. The molecule has 13 heteroatoms. The topological polar surface area (TPSA) is 116 Å². The Morgan fingerprint density at radius 1 is 1.35 bits per heavy atom. The van der Waals surface area contributed by atoms with Crippen LogP contribution in [0.3, 0.4) is 0 Å². The SMILES string of the molecule is CN1N=C(COCC(F)F)Cn2nc3c(c2C1=O)CN(C(=O)Nc1ccc(F)c(C#N)c1)CC3. The van der Waals surface area contributed by atoms with Gasteiger partial charge in [-0.2, -0.15) is 15.5 Å². The Bertz CT molecular complexity index is 1200. The lowest BCUT2D eigenvalue weighted by Crippen LogP contribution is -2.39. The molecule has 34 heavy (non-hydrogen) atoms. The number of rotatable bonds is 5. The Hall–Kier alpha value is -3.92. The number of nitrogens with one attached hydrogen (secondary N) is 1. The number of carbonyl (C=O) groups excluding carboxylic acids is 2. The quantitative estimate of drug-likeness (QED) is 0.712. The number of nitrogens with zero attached hydrogens (tertiary/aromatic N) is 6. The fourth-order valence-corrected chi connectivity index (χ4v) is 3.80. The van der Waals surface area contributed by atoms with Crippen LogP contribution in [0.15, 0.2) is 23.3 Å². The van der Waals surface area contributed by atoms with Gasteiger partial charge in [-0.3, -0.25) is 9.48 Å². The molecule has 0 saturated heterocycles. The van der Waals surface area contributed by atoms with Gasteiger partial charge in [0, 0.05) is 31.3 Å². The molecule has 0 aliphatic carbocycles. The molecule has 3 heterocycles. The van der Waals surface area contributed by atoms with E-state index in [1.54, 1.807) is 6.07 Å². The van der Waals surface area contributed by atoms with Gasteiger partial charge in [0.05, 0.1) is 36.7 Å². The lowest BCUT2D eigenvalue weighted by atomic mass is 10.0. The first kappa shape index (κ1) is 23.2. The number of fused-ring (bicyclic) bond motifs is 3. The molecule has 0 fully saturated rings. The molecule has 1 aromatic heterocycles. The number of anilines is 1. The van der Waals surface area contributed by atoms with E-state index in [2.05, 4.69) is 15.5 Å². The first-order valence-corrected chi connectivity index (χ1v) is 10.3. The van der Waals surface area contributed by atoms with E-state index in [1.807, 2.05) is 0 Å². The molecule has 0 radical (unpaired) electrons. The number of benzene rings is 1. The molecular formula is C21H20F3N7O3. The summed E-state index contributed by atoms with van der Waals surface area (Å²) < 4.78 is 44.7. The van der Waals surface area contributed by atoms with Crippen LogP contribution in [0.25, 0.3) is 0 Å². The summed E-state index contributed by atoms with van der Waals surface area (Å²) in [6.07, 6.45) is -2.22. The summed E-state index contributed by atoms with van der Waals surface area (Å²) in [5.74, 6) is -1.13. The normalized spacial score (nSPS) is 15.4. The first-order valence-electron chi connectivity index (χ1n) is 10.3. The zero-order valence-electron chi connectivity index (χ0n) is 18.1. The summed E-state index contributed by atoms with van der Waals surface area (Å²) in [6, 6.07) is 4.92. The average molecular weight is 475 g/mol. The molecule has 0 spiro atoms. The standard InChI is InChI=1S/C21H20F3N7O3/c1-29-20(32)19-15-9-30(21(33)26-13-2-3-16(22)12(6-13)7-25)5-4-17(15)28-31(19)8-14(27-29)10-34-11-18(23)24/h2-3,6,18H,4-5,8-11H2,1H3,(H,26,33). The molecule has 10 nitrogen and oxygen atoms in total. The van der Waals surface area contributed by atoms with Gasteiger partial charge >= 0.3 is 6.03 Å². The molecule has 178 valence electrons. The van der Waals surface area contributed by atoms with E-state index in [4.69, 9.17) is 10.00 Å². The number of amides is 3. The number of ether oxygens (including phenoxy) is 1. The number of hydrogen-bond acceptors (Lipinski definition) is 6. The number of aromatic nitrogens is 2. The molecule has 1 N–H and O–H groups in total. The summed E-state index contributed by atoms with van der Waals surface area (Å²) in [6.45, 7) is -0.417.